The number of hydrogen-bond donors (Lipinski definition) is 2. The van der Waals surface area contributed by atoms with Crippen molar-refractivity contribution in [3.63, 3.8) is 0 Å². The van der Waals surface area contributed by atoms with Crippen LogP contribution in [0.2, 0.25) is 5.02 Å². The van der Waals surface area contributed by atoms with Crippen LogP contribution in [0.1, 0.15) is 31.2 Å². The maximum atomic E-state index is 12.7. The molecule has 1 aliphatic rings. The molecule has 4 heterocycles. The van der Waals surface area contributed by atoms with Gasteiger partial charge in [0.2, 0.25) is 0 Å². The number of nitrogens with zero attached hydrogens (tertiary/aromatic N) is 3. The summed E-state index contributed by atoms with van der Waals surface area (Å²) in [5.41, 5.74) is 9.45. The predicted molar refractivity (Wildman–Crippen MR) is 124 cm³/mol. The van der Waals surface area contributed by atoms with Gasteiger partial charge in [0, 0.05) is 55.0 Å². The number of rotatable bonds is 5. The number of carbonyl (C=O) groups is 1. The summed E-state index contributed by atoms with van der Waals surface area (Å²) in [6, 6.07) is 11.6. The van der Waals surface area contributed by atoms with Gasteiger partial charge in [0.25, 0.3) is 5.91 Å². The summed E-state index contributed by atoms with van der Waals surface area (Å²) in [5.74, 6) is 0.382. The molecule has 0 saturated heterocycles. The lowest BCUT2D eigenvalue weighted by atomic mass is 10.1. The van der Waals surface area contributed by atoms with Crippen molar-refractivity contribution in [2.45, 2.75) is 26.2 Å². The van der Waals surface area contributed by atoms with Gasteiger partial charge in [-0.2, -0.15) is 0 Å². The maximum absolute atomic E-state index is 12.7. The number of nitrogens with two attached hydrogens (primary N) is 1. The lowest BCUT2D eigenvalue weighted by molar-refractivity contribution is 0.0955. The van der Waals surface area contributed by atoms with Gasteiger partial charge in [0.05, 0.1) is 9.90 Å². The summed E-state index contributed by atoms with van der Waals surface area (Å²) < 4.78 is 0. The fourth-order valence-corrected chi connectivity index (χ4v) is 5.22. The maximum Gasteiger partial charge on any atom is 0.261 e. The molecule has 3 aromatic heterocycles. The van der Waals surface area contributed by atoms with Crippen LogP contribution < -0.4 is 11.1 Å². The molecule has 0 spiro atoms. The number of pyridine rings is 2. The first-order chi connectivity index (χ1) is 15.1. The van der Waals surface area contributed by atoms with Crippen LogP contribution in [0.15, 0.2) is 55.0 Å². The third-order valence-electron chi connectivity index (χ3n) is 5.45. The monoisotopic (exact) mass is 449 g/mol. The average molecular weight is 450 g/mol. The Morgan fingerprint density at radius 2 is 2.03 bits per heavy atom. The summed E-state index contributed by atoms with van der Waals surface area (Å²) in [4.78, 5) is 24.9. The minimum Gasteiger partial charge on any atom is -0.383 e. The lowest BCUT2D eigenvalue weighted by Gasteiger charge is -2.13. The first-order valence-corrected chi connectivity index (χ1v) is 11.1. The van der Waals surface area contributed by atoms with E-state index in [0.717, 1.165) is 34.3 Å². The molecule has 6 nitrogen and oxygen atoms in total. The number of anilines is 1. The summed E-state index contributed by atoms with van der Waals surface area (Å²) in [7, 11) is 0. The Morgan fingerprint density at radius 1 is 1.16 bits per heavy atom. The van der Waals surface area contributed by atoms with E-state index in [1.54, 1.807) is 12.3 Å². The van der Waals surface area contributed by atoms with Crippen LogP contribution in [-0.4, -0.2) is 20.8 Å². The second kappa shape index (κ2) is 8.26. The minimum atomic E-state index is -0.124. The predicted octanol–water partition coefficient (Wildman–Crippen LogP) is 4.37. The number of carbonyl (C=O) groups excluding carboxylic acids is 1. The summed E-state index contributed by atoms with van der Waals surface area (Å²) >= 11 is 7.90. The molecule has 0 saturated carbocycles. The third kappa shape index (κ3) is 4.12. The van der Waals surface area contributed by atoms with Gasteiger partial charge in [-0.05, 0) is 46.3 Å². The number of benzene rings is 1. The quantitative estimate of drug-likeness (QED) is 0.472. The Labute approximate surface area is 188 Å². The van der Waals surface area contributed by atoms with Gasteiger partial charge in [-0.3, -0.25) is 14.7 Å². The van der Waals surface area contributed by atoms with Crippen molar-refractivity contribution in [3.8, 4) is 0 Å². The van der Waals surface area contributed by atoms with Crippen molar-refractivity contribution in [2.75, 3.05) is 5.73 Å². The number of hydrogen-bond acceptors (Lipinski definition) is 6. The van der Waals surface area contributed by atoms with Crippen molar-refractivity contribution in [1.82, 2.24) is 20.2 Å². The first-order valence-electron chi connectivity index (χ1n) is 9.90. The van der Waals surface area contributed by atoms with Crippen molar-refractivity contribution in [1.29, 1.82) is 0 Å². The zero-order valence-electron chi connectivity index (χ0n) is 16.6. The second-order valence-electron chi connectivity index (χ2n) is 7.61. The molecule has 0 unspecified atom stereocenters. The topological polar surface area (TPSA) is 84.1 Å². The first kappa shape index (κ1) is 19.9. The Kier molecular flexibility index (Phi) is 5.31. The van der Waals surface area contributed by atoms with Crippen molar-refractivity contribution >= 4 is 45.4 Å². The highest BCUT2D eigenvalue weighted by Crippen LogP contribution is 2.31. The Balaban J connectivity index is 1.23. The number of nitrogen functional groups attached to an aromatic ring is 1. The third-order valence-corrected chi connectivity index (χ3v) is 7.02. The molecule has 0 atom stereocenters. The van der Waals surface area contributed by atoms with E-state index in [4.69, 9.17) is 17.3 Å². The van der Waals surface area contributed by atoms with E-state index >= 15 is 0 Å². The molecule has 0 aliphatic carbocycles. The van der Waals surface area contributed by atoms with Gasteiger partial charge in [-0.1, -0.05) is 23.7 Å². The van der Waals surface area contributed by atoms with Crippen LogP contribution in [-0.2, 0) is 26.2 Å². The van der Waals surface area contributed by atoms with Crippen molar-refractivity contribution in [3.05, 3.63) is 86.5 Å². The molecule has 0 radical (unpaired) electrons. The minimum absolute atomic E-state index is 0.124. The zero-order chi connectivity index (χ0) is 21.4. The van der Waals surface area contributed by atoms with E-state index in [0.29, 0.717) is 28.8 Å². The number of nitrogens with one attached hydrogen (secondary N) is 1. The van der Waals surface area contributed by atoms with E-state index in [1.165, 1.54) is 22.5 Å². The highest BCUT2D eigenvalue weighted by Gasteiger charge is 2.21. The molecule has 8 heteroatoms. The highest BCUT2D eigenvalue weighted by molar-refractivity contribution is 7.14. The SMILES string of the molecule is Nc1nccc2cc(CNC(=O)c3cc(Cl)c(CN4Cc5ccncc5C4)s3)ccc12. The van der Waals surface area contributed by atoms with Crippen LogP contribution in [0.3, 0.4) is 0 Å². The van der Waals surface area contributed by atoms with E-state index in [1.807, 2.05) is 36.7 Å². The number of halogens is 1. The second-order valence-corrected chi connectivity index (χ2v) is 9.15. The molecule has 1 amide bonds. The Bertz CT molecular complexity index is 1260. The van der Waals surface area contributed by atoms with Gasteiger partial charge in [-0.15, -0.1) is 11.3 Å². The van der Waals surface area contributed by atoms with E-state index in [9.17, 15) is 4.79 Å². The van der Waals surface area contributed by atoms with Gasteiger partial charge in [0.1, 0.15) is 5.82 Å². The highest BCUT2D eigenvalue weighted by atomic mass is 35.5. The number of thiophene rings is 1. The largest absolute Gasteiger partial charge is 0.383 e. The standard InChI is InChI=1S/C23H20ClN5OS/c24-19-8-20(31-21(19)13-29-11-16-3-5-26-10-17(16)12-29)23(30)28-9-14-1-2-18-15(7-14)4-6-27-22(18)25/h1-8,10H,9,11-13H2,(H2,25,27)(H,28,30). The molecule has 0 bridgehead atoms. The van der Waals surface area contributed by atoms with Crippen LogP contribution >= 0.6 is 22.9 Å². The molecule has 1 aromatic carbocycles. The lowest BCUT2D eigenvalue weighted by Crippen LogP contribution is -2.21. The normalized spacial score (nSPS) is 13.5. The fraction of sp³-hybridized carbons (Fsp3) is 0.174. The molecule has 0 fully saturated rings. The average Bonchev–Trinajstić information content (AvgIpc) is 3.35. The smallest absolute Gasteiger partial charge is 0.261 e. The summed E-state index contributed by atoms with van der Waals surface area (Å²) in [5, 5.41) is 5.54. The molecule has 4 aromatic rings. The molecule has 31 heavy (non-hydrogen) atoms. The van der Waals surface area contributed by atoms with Crippen LogP contribution in [0.4, 0.5) is 5.82 Å². The van der Waals surface area contributed by atoms with Crippen LogP contribution in [0, 0.1) is 0 Å². The van der Waals surface area contributed by atoms with Crippen LogP contribution in [0.25, 0.3) is 10.8 Å². The van der Waals surface area contributed by atoms with Gasteiger partial charge in [-0.25, -0.2) is 4.98 Å². The zero-order valence-corrected chi connectivity index (χ0v) is 18.2. The van der Waals surface area contributed by atoms with Gasteiger partial charge in [0.15, 0.2) is 0 Å². The van der Waals surface area contributed by atoms with Crippen molar-refractivity contribution < 1.29 is 4.79 Å². The molecule has 1 aliphatic heterocycles. The summed E-state index contributed by atoms with van der Waals surface area (Å²) in [6.07, 6.45) is 5.43. The molecule has 5 rings (SSSR count). The number of fused-ring (bicyclic) bond motifs is 2. The Hall–Kier alpha value is -3.00. The van der Waals surface area contributed by atoms with Gasteiger partial charge < -0.3 is 11.1 Å². The summed E-state index contributed by atoms with van der Waals surface area (Å²) in [6.45, 7) is 2.86. The van der Waals surface area contributed by atoms with E-state index in [-0.39, 0.29) is 5.91 Å². The van der Waals surface area contributed by atoms with E-state index < -0.39 is 0 Å². The van der Waals surface area contributed by atoms with E-state index in [2.05, 4.69) is 26.3 Å². The van der Waals surface area contributed by atoms with Gasteiger partial charge >= 0.3 is 0 Å². The number of aromatic nitrogens is 2. The van der Waals surface area contributed by atoms with Crippen molar-refractivity contribution in [2.24, 2.45) is 0 Å². The molecular formula is C23H20ClN5OS. The number of amides is 1. The molecule has 3 N–H and O–H groups in total. The Morgan fingerprint density at radius 3 is 2.90 bits per heavy atom. The molecule has 156 valence electrons. The van der Waals surface area contributed by atoms with Crippen LogP contribution in [0.5, 0.6) is 0 Å². The molecular weight excluding hydrogens is 430 g/mol. The fourth-order valence-electron chi connectivity index (χ4n) is 3.86.